The summed E-state index contributed by atoms with van der Waals surface area (Å²) in [7, 11) is 0. The van der Waals surface area contributed by atoms with E-state index in [-0.39, 0.29) is 23.4 Å². The molecule has 2 aliphatic rings. The molecule has 29 heavy (non-hydrogen) atoms. The highest BCUT2D eigenvalue weighted by Gasteiger charge is 2.39. The standard InChI is InChI=1S/C24H31N3O2/c1-3-20-21-5-4-14-26(21)15-16-27(20)23(29)11-13-24(12-10-22(28)25-24)17-19-8-6-18(2)7-9-19/h4-9,14,20H,3,10-13,15-17H2,1-2H3,(H,25,28). The van der Waals surface area contributed by atoms with Crippen LogP contribution in [0.5, 0.6) is 0 Å². The van der Waals surface area contributed by atoms with Crippen molar-refractivity contribution in [3.63, 3.8) is 0 Å². The smallest absolute Gasteiger partial charge is 0.223 e. The number of carbonyl (C=O) groups is 2. The van der Waals surface area contributed by atoms with E-state index in [2.05, 4.69) is 66.3 Å². The Labute approximate surface area is 173 Å². The Hall–Kier alpha value is -2.56. The van der Waals surface area contributed by atoms with E-state index in [0.717, 1.165) is 32.4 Å². The minimum absolute atomic E-state index is 0.104. The molecule has 0 aliphatic carbocycles. The number of amides is 2. The molecule has 0 saturated carbocycles. The van der Waals surface area contributed by atoms with Gasteiger partial charge < -0.3 is 14.8 Å². The van der Waals surface area contributed by atoms with Crippen LogP contribution in [0.4, 0.5) is 0 Å². The molecule has 2 aliphatic heterocycles. The van der Waals surface area contributed by atoms with Crippen molar-refractivity contribution < 1.29 is 9.59 Å². The Morgan fingerprint density at radius 2 is 2.00 bits per heavy atom. The molecule has 3 heterocycles. The molecule has 0 bridgehead atoms. The Kier molecular flexibility index (Phi) is 5.48. The Morgan fingerprint density at radius 1 is 1.21 bits per heavy atom. The third-order valence-corrected chi connectivity index (χ3v) is 6.59. The maximum Gasteiger partial charge on any atom is 0.223 e. The summed E-state index contributed by atoms with van der Waals surface area (Å²) in [6.45, 7) is 5.84. The van der Waals surface area contributed by atoms with Crippen LogP contribution in [0.2, 0.25) is 0 Å². The highest BCUT2D eigenvalue weighted by molar-refractivity contribution is 5.80. The van der Waals surface area contributed by atoms with E-state index in [9.17, 15) is 9.59 Å². The molecule has 1 N–H and O–H groups in total. The van der Waals surface area contributed by atoms with E-state index >= 15 is 0 Å². The number of benzene rings is 1. The van der Waals surface area contributed by atoms with Gasteiger partial charge in [0, 0.05) is 43.4 Å². The topological polar surface area (TPSA) is 54.3 Å². The monoisotopic (exact) mass is 393 g/mol. The Bertz CT molecular complexity index is 886. The van der Waals surface area contributed by atoms with Crippen LogP contribution in [-0.2, 0) is 22.6 Å². The van der Waals surface area contributed by atoms with E-state index in [1.807, 2.05) is 4.90 Å². The first-order valence-corrected chi connectivity index (χ1v) is 10.8. The van der Waals surface area contributed by atoms with Crippen LogP contribution in [0.3, 0.4) is 0 Å². The lowest BCUT2D eigenvalue weighted by atomic mass is 9.84. The average molecular weight is 394 g/mol. The minimum Gasteiger partial charge on any atom is -0.350 e. The lowest BCUT2D eigenvalue weighted by Crippen LogP contribution is -2.46. The fourth-order valence-corrected chi connectivity index (χ4v) is 4.96. The molecule has 0 radical (unpaired) electrons. The van der Waals surface area contributed by atoms with Crippen LogP contribution in [0.25, 0.3) is 0 Å². The fraction of sp³-hybridized carbons (Fsp3) is 0.500. The van der Waals surface area contributed by atoms with Crippen molar-refractivity contribution >= 4 is 11.8 Å². The van der Waals surface area contributed by atoms with E-state index in [1.165, 1.54) is 16.8 Å². The van der Waals surface area contributed by atoms with Crippen molar-refractivity contribution in [2.75, 3.05) is 6.54 Å². The quantitative estimate of drug-likeness (QED) is 0.812. The van der Waals surface area contributed by atoms with Gasteiger partial charge in [0.2, 0.25) is 11.8 Å². The summed E-state index contributed by atoms with van der Waals surface area (Å²) in [5.74, 6) is 0.306. The predicted molar refractivity (Wildman–Crippen MR) is 113 cm³/mol. The van der Waals surface area contributed by atoms with Gasteiger partial charge in [0.25, 0.3) is 0 Å². The number of nitrogens with one attached hydrogen (secondary N) is 1. The third kappa shape index (κ3) is 4.09. The summed E-state index contributed by atoms with van der Waals surface area (Å²) in [6, 6.07) is 12.8. The maximum atomic E-state index is 13.2. The number of aromatic nitrogens is 1. The van der Waals surface area contributed by atoms with E-state index in [1.54, 1.807) is 0 Å². The Balaban J connectivity index is 1.45. The minimum atomic E-state index is -0.306. The van der Waals surface area contributed by atoms with Crippen LogP contribution in [0.15, 0.2) is 42.6 Å². The molecule has 154 valence electrons. The SMILES string of the molecule is CCC1c2cccn2CCN1C(=O)CCC1(Cc2ccc(C)cc2)CCC(=O)N1. The van der Waals surface area contributed by atoms with Gasteiger partial charge in [-0.2, -0.15) is 0 Å². The molecule has 0 spiro atoms. The first-order valence-electron chi connectivity index (χ1n) is 10.8. The van der Waals surface area contributed by atoms with Gasteiger partial charge in [-0.05, 0) is 50.3 Å². The van der Waals surface area contributed by atoms with Crippen molar-refractivity contribution in [1.29, 1.82) is 0 Å². The molecule has 2 amide bonds. The molecule has 5 heteroatoms. The van der Waals surface area contributed by atoms with Crippen LogP contribution >= 0.6 is 0 Å². The third-order valence-electron chi connectivity index (χ3n) is 6.59. The number of fused-ring (bicyclic) bond motifs is 1. The molecular formula is C24H31N3O2. The number of rotatable bonds is 6. The first kappa shape index (κ1) is 19.7. The average Bonchev–Trinajstić information content (AvgIpc) is 3.34. The molecule has 1 aromatic carbocycles. The van der Waals surface area contributed by atoms with Gasteiger partial charge in [-0.1, -0.05) is 36.8 Å². The molecule has 2 aromatic rings. The van der Waals surface area contributed by atoms with Crippen LogP contribution in [0, 0.1) is 6.92 Å². The van der Waals surface area contributed by atoms with Gasteiger partial charge in [0.1, 0.15) is 0 Å². The lowest BCUT2D eigenvalue weighted by molar-refractivity contribution is -0.135. The highest BCUT2D eigenvalue weighted by atomic mass is 16.2. The molecule has 1 saturated heterocycles. The molecule has 2 unspecified atom stereocenters. The number of carbonyl (C=O) groups excluding carboxylic acids is 2. The molecule has 1 fully saturated rings. The second kappa shape index (κ2) is 8.05. The molecule has 2 atom stereocenters. The number of aryl methyl sites for hydroxylation is 1. The van der Waals surface area contributed by atoms with E-state index in [0.29, 0.717) is 19.3 Å². The summed E-state index contributed by atoms with van der Waals surface area (Å²) in [5, 5.41) is 3.21. The predicted octanol–water partition coefficient (Wildman–Crippen LogP) is 3.76. The van der Waals surface area contributed by atoms with Crippen molar-refractivity contribution in [3.05, 3.63) is 59.4 Å². The van der Waals surface area contributed by atoms with Crippen molar-refractivity contribution in [2.45, 2.75) is 70.5 Å². The first-order chi connectivity index (χ1) is 14.0. The second-order valence-corrected chi connectivity index (χ2v) is 8.63. The summed E-state index contributed by atoms with van der Waals surface area (Å²) in [6.07, 6.45) is 6.32. The van der Waals surface area contributed by atoms with Gasteiger partial charge in [0.05, 0.1) is 6.04 Å². The summed E-state index contributed by atoms with van der Waals surface area (Å²) in [5.41, 5.74) is 3.37. The van der Waals surface area contributed by atoms with Crippen LogP contribution in [0.1, 0.15) is 61.9 Å². The zero-order valence-corrected chi connectivity index (χ0v) is 17.5. The fourth-order valence-electron chi connectivity index (χ4n) is 4.96. The summed E-state index contributed by atoms with van der Waals surface area (Å²) < 4.78 is 2.26. The van der Waals surface area contributed by atoms with Gasteiger partial charge in [0.15, 0.2) is 0 Å². The largest absolute Gasteiger partial charge is 0.350 e. The zero-order chi connectivity index (χ0) is 20.4. The van der Waals surface area contributed by atoms with Gasteiger partial charge >= 0.3 is 0 Å². The number of nitrogens with zero attached hydrogens (tertiary/aromatic N) is 2. The second-order valence-electron chi connectivity index (χ2n) is 8.63. The lowest BCUT2D eigenvalue weighted by Gasteiger charge is -2.37. The summed E-state index contributed by atoms with van der Waals surface area (Å²) in [4.78, 5) is 27.3. The van der Waals surface area contributed by atoms with Gasteiger partial charge in [-0.25, -0.2) is 0 Å². The normalized spacial score (nSPS) is 23.7. The van der Waals surface area contributed by atoms with Crippen molar-refractivity contribution in [1.82, 2.24) is 14.8 Å². The summed E-state index contributed by atoms with van der Waals surface area (Å²) >= 11 is 0. The molecule has 4 rings (SSSR count). The number of hydrogen-bond acceptors (Lipinski definition) is 2. The number of hydrogen-bond donors (Lipinski definition) is 1. The van der Waals surface area contributed by atoms with Crippen LogP contribution < -0.4 is 5.32 Å². The van der Waals surface area contributed by atoms with Crippen molar-refractivity contribution in [2.24, 2.45) is 0 Å². The van der Waals surface area contributed by atoms with Crippen molar-refractivity contribution in [3.8, 4) is 0 Å². The van der Waals surface area contributed by atoms with Gasteiger partial charge in [-0.15, -0.1) is 0 Å². The van der Waals surface area contributed by atoms with Crippen LogP contribution in [-0.4, -0.2) is 33.4 Å². The highest BCUT2D eigenvalue weighted by Crippen LogP contribution is 2.33. The Morgan fingerprint density at radius 3 is 2.69 bits per heavy atom. The van der Waals surface area contributed by atoms with E-state index < -0.39 is 0 Å². The zero-order valence-electron chi connectivity index (χ0n) is 17.5. The molecule has 5 nitrogen and oxygen atoms in total. The maximum absolute atomic E-state index is 13.2. The van der Waals surface area contributed by atoms with E-state index in [4.69, 9.17) is 0 Å². The van der Waals surface area contributed by atoms with Gasteiger partial charge in [-0.3, -0.25) is 9.59 Å². The molecular weight excluding hydrogens is 362 g/mol. The molecule has 1 aromatic heterocycles.